The lowest BCUT2D eigenvalue weighted by Crippen LogP contribution is -2.12. The van der Waals surface area contributed by atoms with E-state index in [1.165, 1.54) is 0 Å². The molecule has 0 aromatic carbocycles. The highest BCUT2D eigenvalue weighted by atomic mass is 127. The molecule has 0 aromatic heterocycles. The molecule has 0 N–H and O–H groups in total. The van der Waals surface area contributed by atoms with Crippen molar-refractivity contribution in [1.82, 2.24) is 0 Å². The lowest BCUT2D eigenvalue weighted by Gasteiger charge is -2.03. The zero-order valence-electron chi connectivity index (χ0n) is 4.76. The molecule has 0 saturated heterocycles. The van der Waals surface area contributed by atoms with E-state index in [0.717, 1.165) is 0 Å². The second-order valence-corrected chi connectivity index (χ2v) is 3.36. The van der Waals surface area contributed by atoms with Gasteiger partial charge in [0.25, 0.3) is 0 Å². The Morgan fingerprint density at radius 2 is 2.00 bits per heavy atom. The summed E-state index contributed by atoms with van der Waals surface area (Å²) in [6.07, 6.45) is 1.99. The Kier molecular flexibility index (Phi) is 3.26. The predicted molar refractivity (Wildman–Crippen MR) is 42.8 cm³/mol. The molecule has 0 rings (SSSR count). The van der Waals surface area contributed by atoms with Crippen LogP contribution in [0.4, 0.5) is 0 Å². The van der Waals surface area contributed by atoms with Crippen LogP contribution in [0.2, 0.25) is 0 Å². The molecular weight excluding hydrogens is 227 g/mol. The van der Waals surface area contributed by atoms with E-state index in [-0.39, 0.29) is 0 Å². The van der Waals surface area contributed by atoms with E-state index >= 15 is 0 Å². The average Bonchev–Trinajstić information content (AvgIpc) is 1.89. The molecule has 0 radical (unpaired) electrons. The molecular formula is C6H5IN2. The molecule has 2 nitrogen and oxygen atoms in total. The zero-order valence-corrected chi connectivity index (χ0v) is 6.92. The smallest absolute Gasteiger partial charge is 0.196 e. The standard InChI is InChI=1S/C6H5IN2/c1-2-3-6(7,4-8)5-9/h2H,1,3H2. The molecule has 0 spiro atoms. The minimum Gasteiger partial charge on any atom is -0.196 e. The number of rotatable bonds is 2. The van der Waals surface area contributed by atoms with Crippen molar-refractivity contribution in [3.8, 4) is 12.1 Å². The Labute approximate surface area is 67.9 Å². The van der Waals surface area contributed by atoms with Gasteiger partial charge in [-0.05, 0) is 22.6 Å². The molecule has 0 bridgehead atoms. The van der Waals surface area contributed by atoms with Crippen molar-refractivity contribution in [3.05, 3.63) is 12.7 Å². The van der Waals surface area contributed by atoms with Crippen molar-refractivity contribution in [2.24, 2.45) is 0 Å². The van der Waals surface area contributed by atoms with Gasteiger partial charge in [-0.25, -0.2) is 0 Å². The average molecular weight is 232 g/mol. The third-order valence-corrected chi connectivity index (χ3v) is 1.70. The predicted octanol–water partition coefficient (Wildman–Crippen LogP) is 1.78. The summed E-state index contributed by atoms with van der Waals surface area (Å²) in [5.74, 6) is 0. The molecule has 3 heteroatoms. The molecule has 0 unspecified atom stereocenters. The van der Waals surface area contributed by atoms with Crippen molar-refractivity contribution in [1.29, 1.82) is 10.5 Å². The molecule has 0 amide bonds. The van der Waals surface area contributed by atoms with Crippen LogP contribution in [0.25, 0.3) is 0 Å². The van der Waals surface area contributed by atoms with Crippen molar-refractivity contribution >= 4 is 22.6 Å². The second-order valence-electron chi connectivity index (χ2n) is 1.52. The fourth-order valence-electron chi connectivity index (χ4n) is 0.315. The van der Waals surface area contributed by atoms with Crippen molar-refractivity contribution in [2.45, 2.75) is 9.84 Å². The first-order chi connectivity index (χ1) is 4.18. The van der Waals surface area contributed by atoms with Gasteiger partial charge in [-0.15, -0.1) is 6.58 Å². The van der Waals surface area contributed by atoms with Gasteiger partial charge in [-0.1, -0.05) is 6.08 Å². The van der Waals surface area contributed by atoms with Crippen LogP contribution in [0.3, 0.4) is 0 Å². The van der Waals surface area contributed by atoms with Crippen LogP contribution >= 0.6 is 22.6 Å². The van der Waals surface area contributed by atoms with Crippen LogP contribution < -0.4 is 0 Å². The second kappa shape index (κ2) is 3.47. The molecule has 0 heterocycles. The molecule has 0 atom stereocenters. The minimum absolute atomic E-state index is 0.417. The fraction of sp³-hybridized carbons (Fsp3) is 0.333. The number of alkyl halides is 1. The Hall–Kier alpha value is -0.550. The topological polar surface area (TPSA) is 47.6 Å². The Morgan fingerprint density at radius 3 is 2.11 bits per heavy atom. The van der Waals surface area contributed by atoms with Crippen molar-refractivity contribution in [2.75, 3.05) is 0 Å². The summed E-state index contributed by atoms with van der Waals surface area (Å²) in [6, 6.07) is 3.77. The third-order valence-electron chi connectivity index (χ3n) is 0.780. The third kappa shape index (κ3) is 2.48. The number of hydrogen-bond acceptors (Lipinski definition) is 2. The van der Waals surface area contributed by atoms with Crippen LogP contribution in [0.5, 0.6) is 0 Å². The largest absolute Gasteiger partial charge is 0.197 e. The number of nitriles is 2. The Balaban J connectivity index is 4.18. The maximum absolute atomic E-state index is 8.39. The maximum atomic E-state index is 8.39. The summed E-state index contributed by atoms with van der Waals surface area (Å²) in [6.45, 7) is 3.43. The molecule has 9 heavy (non-hydrogen) atoms. The van der Waals surface area contributed by atoms with Crippen molar-refractivity contribution < 1.29 is 0 Å². The van der Waals surface area contributed by atoms with E-state index in [0.29, 0.717) is 6.42 Å². The highest BCUT2D eigenvalue weighted by molar-refractivity contribution is 14.1. The fourth-order valence-corrected chi connectivity index (χ4v) is 0.627. The van der Waals surface area contributed by atoms with Crippen LogP contribution in [-0.2, 0) is 0 Å². The van der Waals surface area contributed by atoms with E-state index in [2.05, 4.69) is 6.58 Å². The van der Waals surface area contributed by atoms with Crippen LogP contribution in [-0.4, -0.2) is 3.42 Å². The highest BCUT2D eigenvalue weighted by Crippen LogP contribution is 2.20. The van der Waals surface area contributed by atoms with E-state index in [4.69, 9.17) is 10.5 Å². The molecule has 46 valence electrons. The normalized spacial score (nSPS) is 9.22. The van der Waals surface area contributed by atoms with Gasteiger partial charge in [0.1, 0.15) is 0 Å². The number of halogens is 1. The van der Waals surface area contributed by atoms with Gasteiger partial charge in [0.2, 0.25) is 0 Å². The summed E-state index contributed by atoms with van der Waals surface area (Å²) in [7, 11) is 0. The minimum atomic E-state index is -0.903. The van der Waals surface area contributed by atoms with Gasteiger partial charge >= 0.3 is 0 Å². The molecule has 0 aromatic rings. The monoisotopic (exact) mass is 232 g/mol. The maximum Gasteiger partial charge on any atom is 0.197 e. The van der Waals surface area contributed by atoms with Gasteiger partial charge in [0.05, 0.1) is 12.1 Å². The lowest BCUT2D eigenvalue weighted by atomic mass is 10.1. The SMILES string of the molecule is C=CCC(I)(C#N)C#N. The number of allylic oxidation sites excluding steroid dienone is 1. The summed E-state index contributed by atoms with van der Waals surface area (Å²) < 4.78 is -0.903. The van der Waals surface area contributed by atoms with E-state index < -0.39 is 3.42 Å². The van der Waals surface area contributed by atoms with Crippen molar-refractivity contribution in [3.63, 3.8) is 0 Å². The molecule has 0 aliphatic heterocycles. The first kappa shape index (κ1) is 8.45. The molecule has 0 aliphatic carbocycles. The number of hydrogen-bond donors (Lipinski definition) is 0. The van der Waals surface area contributed by atoms with Gasteiger partial charge in [0, 0.05) is 6.42 Å². The molecule has 0 saturated carbocycles. The van der Waals surface area contributed by atoms with Gasteiger partial charge < -0.3 is 0 Å². The first-order valence-corrected chi connectivity index (χ1v) is 3.38. The van der Waals surface area contributed by atoms with Gasteiger partial charge in [-0.3, -0.25) is 0 Å². The molecule has 0 fully saturated rings. The Bertz CT molecular complexity index is 170. The molecule has 0 aliphatic rings. The van der Waals surface area contributed by atoms with Gasteiger partial charge in [0.15, 0.2) is 3.42 Å². The Morgan fingerprint density at radius 1 is 1.56 bits per heavy atom. The number of nitrogens with zero attached hydrogens (tertiary/aromatic N) is 2. The summed E-state index contributed by atoms with van der Waals surface area (Å²) in [5, 5.41) is 16.8. The highest BCUT2D eigenvalue weighted by Gasteiger charge is 2.22. The van der Waals surface area contributed by atoms with E-state index in [9.17, 15) is 0 Å². The van der Waals surface area contributed by atoms with E-state index in [1.54, 1.807) is 6.08 Å². The lowest BCUT2D eigenvalue weighted by molar-refractivity contribution is 0.960. The van der Waals surface area contributed by atoms with Crippen LogP contribution in [0.15, 0.2) is 12.7 Å². The van der Waals surface area contributed by atoms with Crippen LogP contribution in [0, 0.1) is 22.7 Å². The quantitative estimate of drug-likeness (QED) is 0.414. The summed E-state index contributed by atoms with van der Waals surface area (Å²) in [5.41, 5.74) is 0. The summed E-state index contributed by atoms with van der Waals surface area (Å²) in [4.78, 5) is 0. The van der Waals surface area contributed by atoms with E-state index in [1.807, 2.05) is 34.7 Å². The zero-order chi connectivity index (χ0) is 7.33. The van der Waals surface area contributed by atoms with Gasteiger partial charge in [-0.2, -0.15) is 10.5 Å². The summed E-state index contributed by atoms with van der Waals surface area (Å²) >= 11 is 1.81. The first-order valence-electron chi connectivity index (χ1n) is 2.31. The van der Waals surface area contributed by atoms with Crippen LogP contribution in [0.1, 0.15) is 6.42 Å².